The molecule has 21 heavy (non-hydrogen) atoms. The average Bonchev–Trinajstić information content (AvgIpc) is 2.88. The van der Waals surface area contributed by atoms with Crippen molar-refractivity contribution in [1.82, 2.24) is 14.7 Å². The summed E-state index contributed by atoms with van der Waals surface area (Å²) in [6.45, 7) is 7.35. The van der Waals surface area contributed by atoms with Crippen LogP contribution in [0.1, 0.15) is 34.4 Å². The van der Waals surface area contributed by atoms with E-state index in [9.17, 15) is 5.11 Å². The van der Waals surface area contributed by atoms with E-state index in [0.717, 1.165) is 45.9 Å². The van der Waals surface area contributed by atoms with Crippen molar-refractivity contribution in [2.75, 3.05) is 20.6 Å². The van der Waals surface area contributed by atoms with E-state index in [1.807, 2.05) is 39.5 Å². The number of aliphatic hydroxyl groups is 1. The quantitative estimate of drug-likeness (QED) is 0.895. The molecule has 0 amide bonds. The summed E-state index contributed by atoms with van der Waals surface area (Å²) < 4.78 is 8.28. The van der Waals surface area contributed by atoms with Crippen LogP contribution in [0.25, 0.3) is 0 Å². The van der Waals surface area contributed by atoms with Gasteiger partial charge in [-0.05, 0) is 56.4 Å². The van der Waals surface area contributed by atoms with Gasteiger partial charge in [0.15, 0.2) is 0 Å². The fraction of sp³-hybridized carbons (Fsp3) is 0.533. The summed E-state index contributed by atoms with van der Waals surface area (Å²) in [7, 11) is 4.03. The van der Waals surface area contributed by atoms with Gasteiger partial charge >= 0.3 is 0 Å². The highest BCUT2D eigenvalue weighted by atomic mass is 79.9. The Bertz CT molecular complexity index is 631. The van der Waals surface area contributed by atoms with Gasteiger partial charge in [-0.3, -0.25) is 4.68 Å². The Morgan fingerprint density at radius 3 is 2.52 bits per heavy atom. The molecule has 0 aliphatic rings. The first-order chi connectivity index (χ1) is 9.82. The lowest BCUT2D eigenvalue weighted by molar-refractivity contribution is 0.202. The third-order valence-corrected chi connectivity index (χ3v) is 4.35. The number of likely N-dealkylation sites (N-methyl/N-ethyl adjacent to an activating group) is 1. The van der Waals surface area contributed by atoms with E-state index in [2.05, 4.69) is 25.9 Å². The first kappa shape index (κ1) is 16.3. The summed E-state index contributed by atoms with van der Waals surface area (Å²) in [6, 6.07) is 0. The van der Waals surface area contributed by atoms with E-state index in [4.69, 9.17) is 4.42 Å². The first-order valence-electron chi connectivity index (χ1n) is 6.93. The Labute approximate surface area is 133 Å². The third-order valence-electron chi connectivity index (χ3n) is 3.74. The normalized spacial score (nSPS) is 13.1. The monoisotopic (exact) mass is 355 g/mol. The van der Waals surface area contributed by atoms with Crippen LogP contribution >= 0.6 is 15.9 Å². The van der Waals surface area contributed by atoms with Crippen LogP contribution in [0, 0.1) is 20.8 Å². The van der Waals surface area contributed by atoms with E-state index in [0.29, 0.717) is 0 Å². The van der Waals surface area contributed by atoms with Gasteiger partial charge in [0.2, 0.25) is 0 Å². The van der Waals surface area contributed by atoms with Crippen molar-refractivity contribution in [3.05, 3.63) is 39.0 Å². The van der Waals surface area contributed by atoms with Crippen molar-refractivity contribution in [2.45, 2.75) is 33.4 Å². The lowest BCUT2D eigenvalue weighted by Crippen LogP contribution is -2.21. The molecule has 2 rings (SSSR count). The van der Waals surface area contributed by atoms with E-state index in [1.165, 1.54) is 0 Å². The highest BCUT2D eigenvalue weighted by molar-refractivity contribution is 9.10. The second-order valence-electron chi connectivity index (χ2n) is 5.56. The largest absolute Gasteiger partial charge is 0.466 e. The fourth-order valence-electron chi connectivity index (χ4n) is 2.47. The van der Waals surface area contributed by atoms with Crippen molar-refractivity contribution >= 4 is 15.9 Å². The second-order valence-corrected chi connectivity index (χ2v) is 6.41. The predicted molar refractivity (Wildman–Crippen MR) is 85.5 cm³/mol. The third kappa shape index (κ3) is 3.22. The molecule has 0 aliphatic heterocycles. The molecule has 0 aromatic carbocycles. The highest BCUT2D eigenvalue weighted by Gasteiger charge is 2.25. The van der Waals surface area contributed by atoms with Gasteiger partial charge in [0, 0.05) is 12.1 Å². The standard InChI is InChI=1S/C15H22BrN3O2/c1-9-10(2)21-11(3)13(9)15(20)14-12(16)8-17-19(14)7-6-18(4)5/h8,15,20H,6-7H2,1-5H3. The zero-order valence-electron chi connectivity index (χ0n) is 13.1. The van der Waals surface area contributed by atoms with Gasteiger partial charge in [-0.2, -0.15) is 5.10 Å². The number of aromatic nitrogens is 2. The molecule has 0 radical (unpaired) electrons. The molecule has 0 aliphatic carbocycles. The molecule has 1 atom stereocenters. The molecule has 0 fully saturated rings. The molecule has 0 spiro atoms. The van der Waals surface area contributed by atoms with Crippen LogP contribution in [0.5, 0.6) is 0 Å². The molecule has 2 aromatic heterocycles. The van der Waals surface area contributed by atoms with Crippen molar-refractivity contribution in [3.8, 4) is 0 Å². The number of aryl methyl sites for hydroxylation is 2. The van der Waals surface area contributed by atoms with Crippen LogP contribution in [0.4, 0.5) is 0 Å². The molecule has 2 heterocycles. The summed E-state index contributed by atoms with van der Waals surface area (Å²) >= 11 is 3.49. The Balaban J connectivity index is 2.39. The van der Waals surface area contributed by atoms with Gasteiger partial charge in [0.1, 0.15) is 17.6 Å². The Morgan fingerprint density at radius 1 is 1.33 bits per heavy atom. The zero-order valence-corrected chi connectivity index (χ0v) is 14.7. The van der Waals surface area contributed by atoms with Gasteiger partial charge in [-0.25, -0.2) is 0 Å². The van der Waals surface area contributed by atoms with Gasteiger partial charge < -0.3 is 14.4 Å². The smallest absolute Gasteiger partial charge is 0.125 e. The molecule has 2 aromatic rings. The van der Waals surface area contributed by atoms with Crippen LogP contribution < -0.4 is 0 Å². The number of aliphatic hydroxyl groups excluding tert-OH is 1. The first-order valence-corrected chi connectivity index (χ1v) is 7.72. The highest BCUT2D eigenvalue weighted by Crippen LogP contribution is 2.34. The average molecular weight is 356 g/mol. The second kappa shape index (κ2) is 6.34. The minimum absolute atomic E-state index is 0.722. The van der Waals surface area contributed by atoms with Crippen molar-refractivity contribution in [3.63, 3.8) is 0 Å². The van der Waals surface area contributed by atoms with Crippen LogP contribution in [0.15, 0.2) is 15.1 Å². The van der Waals surface area contributed by atoms with Gasteiger partial charge in [-0.1, -0.05) is 0 Å². The maximum absolute atomic E-state index is 10.8. The van der Waals surface area contributed by atoms with Crippen LogP contribution in [0.2, 0.25) is 0 Å². The molecule has 0 saturated heterocycles. The maximum atomic E-state index is 10.8. The van der Waals surface area contributed by atoms with E-state index >= 15 is 0 Å². The van der Waals surface area contributed by atoms with Crippen molar-refractivity contribution in [1.29, 1.82) is 0 Å². The number of halogens is 1. The summed E-state index contributed by atoms with van der Waals surface area (Å²) in [5.74, 6) is 1.60. The number of nitrogens with zero attached hydrogens (tertiary/aromatic N) is 3. The Hall–Kier alpha value is -1.11. The van der Waals surface area contributed by atoms with Gasteiger partial charge in [0.25, 0.3) is 0 Å². The minimum atomic E-state index is -0.749. The summed E-state index contributed by atoms with van der Waals surface area (Å²) in [5.41, 5.74) is 2.59. The van der Waals surface area contributed by atoms with Crippen LogP contribution in [-0.2, 0) is 6.54 Å². The summed E-state index contributed by atoms with van der Waals surface area (Å²) in [5, 5.41) is 15.2. The Kier molecular flexibility index (Phi) is 4.91. The van der Waals surface area contributed by atoms with Gasteiger partial charge in [-0.15, -0.1) is 0 Å². The molecule has 1 N–H and O–H groups in total. The van der Waals surface area contributed by atoms with E-state index < -0.39 is 6.10 Å². The topological polar surface area (TPSA) is 54.4 Å². The number of hydrogen-bond acceptors (Lipinski definition) is 4. The summed E-state index contributed by atoms with van der Waals surface area (Å²) in [6.07, 6.45) is 0.979. The molecule has 6 heteroatoms. The number of rotatable bonds is 5. The lowest BCUT2D eigenvalue weighted by atomic mass is 10.0. The van der Waals surface area contributed by atoms with Crippen LogP contribution in [0.3, 0.4) is 0 Å². The molecular formula is C15H22BrN3O2. The maximum Gasteiger partial charge on any atom is 0.125 e. The number of hydrogen-bond donors (Lipinski definition) is 1. The van der Waals surface area contributed by atoms with Crippen LogP contribution in [-0.4, -0.2) is 40.4 Å². The number of furan rings is 1. The van der Waals surface area contributed by atoms with Crippen molar-refractivity contribution in [2.24, 2.45) is 0 Å². The minimum Gasteiger partial charge on any atom is -0.466 e. The summed E-state index contributed by atoms with van der Waals surface area (Å²) in [4.78, 5) is 2.09. The molecule has 116 valence electrons. The fourth-order valence-corrected chi connectivity index (χ4v) is 2.98. The van der Waals surface area contributed by atoms with E-state index in [-0.39, 0.29) is 0 Å². The molecule has 0 bridgehead atoms. The molecular weight excluding hydrogens is 334 g/mol. The lowest BCUT2D eigenvalue weighted by Gasteiger charge is -2.16. The zero-order chi connectivity index (χ0) is 15.7. The predicted octanol–water partition coefficient (Wildman–Crippen LogP) is 2.81. The van der Waals surface area contributed by atoms with E-state index in [1.54, 1.807) is 6.20 Å². The van der Waals surface area contributed by atoms with Gasteiger partial charge in [0.05, 0.1) is 22.9 Å². The Morgan fingerprint density at radius 2 is 2.00 bits per heavy atom. The SMILES string of the molecule is Cc1oc(C)c(C(O)c2c(Br)cnn2CCN(C)C)c1C. The van der Waals surface area contributed by atoms with Crippen molar-refractivity contribution < 1.29 is 9.52 Å². The molecule has 0 saturated carbocycles. The molecule has 1 unspecified atom stereocenters. The molecule has 5 nitrogen and oxygen atoms in total.